The maximum Gasteiger partial charge on any atom is 0.118 e. The normalized spacial score (nSPS) is 18.9. The van der Waals surface area contributed by atoms with Gasteiger partial charge in [-0.1, -0.05) is 0 Å². The van der Waals surface area contributed by atoms with Gasteiger partial charge in [-0.15, -0.1) is 0 Å². The van der Waals surface area contributed by atoms with E-state index in [2.05, 4.69) is 35.6 Å². The summed E-state index contributed by atoms with van der Waals surface area (Å²) in [4.78, 5) is 0. The Morgan fingerprint density at radius 1 is 1.60 bits per heavy atom. The van der Waals surface area contributed by atoms with Crippen LogP contribution in [0.1, 0.15) is 19.8 Å². The summed E-state index contributed by atoms with van der Waals surface area (Å²) in [6.45, 7) is 2.11. The average Bonchev–Trinajstić information content (AvgIpc) is 1.95. The monoisotopic (exact) mass is 250 g/mol. The molecule has 0 N–H and O–H groups in total. The molecule has 0 aliphatic heterocycles. The number of ether oxygens (including phenoxy) is 1. The molecule has 0 unspecified atom stereocenters. The standard InChI is InChI=1S/C8H11IO/c1-6-7(9)4-3-5-8(6)10-2/h5H,3-4H2,1-2H3. The number of allylic oxidation sites excluding steroid dienone is 3. The zero-order valence-electron chi connectivity index (χ0n) is 6.28. The highest BCUT2D eigenvalue weighted by Gasteiger charge is 2.09. The lowest BCUT2D eigenvalue weighted by Crippen LogP contribution is -1.96. The van der Waals surface area contributed by atoms with Crippen LogP contribution in [0.2, 0.25) is 0 Å². The van der Waals surface area contributed by atoms with Crippen LogP contribution in [0.5, 0.6) is 0 Å². The summed E-state index contributed by atoms with van der Waals surface area (Å²) in [5, 5.41) is 0. The van der Waals surface area contributed by atoms with E-state index in [-0.39, 0.29) is 0 Å². The molecule has 0 atom stereocenters. The van der Waals surface area contributed by atoms with Crippen molar-refractivity contribution in [2.24, 2.45) is 0 Å². The Bertz CT molecular complexity index is 191. The highest BCUT2D eigenvalue weighted by molar-refractivity contribution is 14.1. The molecule has 0 spiro atoms. The molecule has 0 radical (unpaired) electrons. The van der Waals surface area contributed by atoms with Gasteiger partial charge in [0.2, 0.25) is 0 Å². The van der Waals surface area contributed by atoms with Crippen molar-refractivity contribution in [2.45, 2.75) is 19.8 Å². The highest BCUT2D eigenvalue weighted by Crippen LogP contribution is 2.29. The Labute approximate surface area is 75.3 Å². The van der Waals surface area contributed by atoms with Crippen molar-refractivity contribution in [3.8, 4) is 0 Å². The molecule has 1 rings (SSSR count). The van der Waals surface area contributed by atoms with E-state index in [1.165, 1.54) is 15.6 Å². The molecular weight excluding hydrogens is 239 g/mol. The number of hydrogen-bond acceptors (Lipinski definition) is 1. The van der Waals surface area contributed by atoms with E-state index < -0.39 is 0 Å². The fraction of sp³-hybridized carbons (Fsp3) is 0.500. The summed E-state index contributed by atoms with van der Waals surface area (Å²) in [7, 11) is 1.73. The summed E-state index contributed by atoms with van der Waals surface area (Å²) < 4.78 is 6.60. The summed E-state index contributed by atoms with van der Waals surface area (Å²) in [6.07, 6.45) is 4.45. The molecule has 0 saturated heterocycles. The second-order valence-corrected chi connectivity index (χ2v) is 3.64. The smallest absolute Gasteiger partial charge is 0.118 e. The van der Waals surface area contributed by atoms with Gasteiger partial charge in [0.15, 0.2) is 0 Å². The summed E-state index contributed by atoms with van der Waals surface area (Å²) in [5.41, 5.74) is 1.30. The van der Waals surface area contributed by atoms with E-state index in [0.717, 1.165) is 12.2 Å². The van der Waals surface area contributed by atoms with Crippen LogP contribution in [0.15, 0.2) is 21.0 Å². The first-order valence-electron chi connectivity index (χ1n) is 3.35. The van der Waals surface area contributed by atoms with Crippen LogP contribution < -0.4 is 0 Å². The van der Waals surface area contributed by atoms with Gasteiger partial charge in [0.1, 0.15) is 5.76 Å². The average molecular weight is 250 g/mol. The lowest BCUT2D eigenvalue weighted by Gasteiger charge is -2.13. The van der Waals surface area contributed by atoms with Crippen LogP contribution in [-0.2, 0) is 4.74 Å². The van der Waals surface area contributed by atoms with Crippen molar-refractivity contribution < 1.29 is 4.74 Å². The van der Waals surface area contributed by atoms with Crippen molar-refractivity contribution in [1.29, 1.82) is 0 Å². The van der Waals surface area contributed by atoms with Crippen molar-refractivity contribution in [1.82, 2.24) is 0 Å². The van der Waals surface area contributed by atoms with Crippen LogP contribution >= 0.6 is 22.6 Å². The second kappa shape index (κ2) is 3.42. The van der Waals surface area contributed by atoms with E-state index in [0.29, 0.717) is 0 Å². The van der Waals surface area contributed by atoms with E-state index in [9.17, 15) is 0 Å². The van der Waals surface area contributed by atoms with Crippen molar-refractivity contribution in [2.75, 3.05) is 7.11 Å². The predicted octanol–water partition coefficient (Wildman–Crippen LogP) is 3.02. The van der Waals surface area contributed by atoms with Crippen LogP contribution in [-0.4, -0.2) is 7.11 Å². The molecule has 0 aromatic heterocycles. The predicted molar refractivity (Wildman–Crippen MR) is 51.0 cm³/mol. The Balaban J connectivity index is 2.83. The summed E-state index contributed by atoms with van der Waals surface area (Å²) >= 11 is 2.38. The molecule has 0 aromatic carbocycles. The fourth-order valence-corrected chi connectivity index (χ4v) is 1.62. The highest BCUT2D eigenvalue weighted by atomic mass is 127. The molecule has 0 aromatic rings. The molecule has 2 heteroatoms. The van der Waals surface area contributed by atoms with Gasteiger partial charge in [-0.3, -0.25) is 0 Å². The largest absolute Gasteiger partial charge is 0.497 e. The number of methoxy groups -OCH3 is 1. The van der Waals surface area contributed by atoms with Crippen molar-refractivity contribution in [3.63, 3.8) is 0 Å². The maximum atomic E-state index is 5.17. The molecule has 1 nitrogen and oxygen atoms in total. The topological polar surface area (TPSA) is 9.23 Å². The van der Waals surface area contributed by atoms with Crippen LogP contribution in [0.3, 0.4) is 0 Å². The Morgan fingerprint density at radius 3 is 2.80 bits per heavy atom. The van der Waals surface area contributed by atoms with Gasteiger partial charge in [-0.2, -0.15) is 0 Å². The molecule has 56 valence electrons. The van der Waals surface area contributed by atoms with Gasteiger partial charge in [-0.25, -0.2) is 0 Å². The third-order valence-electron chi connectivity index (χ3n) is 1.69. The van der Waals surface area contributed by atoms with Gasteiger partial charge in [0, 0.05) is 0 Å². The van der Waals surface area contributed by atoms with Crippen LogP contribution in [0.25, 0.3) is 0 Å². The number of halogens is 1. The quantitative estimate of drug-likeness (QED) is 0.650. The molecule has 1 aliphatic rings. The minimum Gasteiger partial charge on any atom is -0.497 e. The Kier molecular flexibility index (Phi) is 2.77. The molecule has 0 fully saturated rings. The van der Waals surface area contributed by atoms with Gasteiger partial charge in [-0.05, 0) is 57.6 Å². The zero-order valence-corrected chi connectivity index (χ0v) is 8.44. The number of rotatable bonds is 1. The molecule has 0 amide bonds. The molecule has 0 saturated carbocycles. The first-order chi connectivity index (χ1) is 4.75. The fourth-order valence-electron chi connectivity index (χ4n) is 1.04. The Hall–Kier alpha value is 0.01000. The summed E-state index contributed by atoms with van der Waals surface area (Å²) in [6, 6.07) is 0. The lowest BCUT2D eigenvalue weighted by atomic mass is 10.1. The second-order valence-electron chi connectivity index (χ2n) is 2.34. The third-order valence-corrected chi connectivity index (χ3v) is 3.04. The maximum absolute atomic E-state index is 5.17. The van der Waals surface area contributed by atoms with Crippen LogP contribution in [0.4, 0.5) is 0 Å². The molecular formula is C8H11IO. The van der Waals surface area contributed by atoms with Crippen LogP contribution in [0, 0.1) is 0 Å². The van der Waals surface area contributed by atoms with Gasteiger partial charge in [0.25, 0.3) is 0 Å². The molecule has 1 aliphatic carbocycles. The molecule has 0 bridgehead atoms. The van der Waals surface area contributed by atoms with E-state index in [1.807, 2.05) is 0 Å². The first-order valence-corrected chi connectivity index (χ1v) is 4.43. The third kappa shape index (κ3) is 1.54. The molecule has 10 heavy (non-hydrogen) atoms. The van der Waals surface area contributed by atoms with Gasteiger partial charge < -0.3 is 4.74 Å². The summed E-state index contributed by atoms with van der Waals surface area (Å²) in [5.74, 6) is 1.05. The van der Waals surface area contributed by atoms with Gasteiger partial charge >= 0.3 is 0 Å². The molecule has 0 heterocycles. The van der Waals surface area contributed by atoms with Crippen molar-refractivity contribution in [3.05, 3.63) is 21.0 Å². The zero-order chi connectivity index (χ0) is 7.56. The van der Waals surface area contributed by atoms with E-state index in [4.69, 9.17) is 4.74 Å². The number of hydrogen-bond donors (Lipinski definition) is 0. The lowest BCUT2D eigenvalue weighted by molar-refractivity contribution is 0.297. The van der Waals surface area contributed by atoms with Crippen molar-refractivity contribution >= 4 is 22.6 Å². The minimum absolute atomic E-state index is 1.05. The Morgan fingerprint density at radius 2 is 2.30 bits per heavy atom. The van der Waals surface area contributed by atoms with Gasteiger partial charge in [0.05, 0.1) is 7.11 Å². The minimum atomic E-state index is 1.05. The van der Waals surface area contributed by atoms with E-state index in [1.54, 1.807) is 7.11 Å². The SMILES string of the molecule is COC1=CCCC(I)=C1C. The first kappa shape index (κ1) is 8.11. The van der Waals surface area contributed by atoms with E-state index >= 15 is 0 Å².